The van der Waals surface area contributed by atoms with Crippen molar-refractivity contribution in [1.29, 1.82) is 0 Å². The van der Waals surface area contributed by atoms with E-state index in [0.717, 1.165) is 55.7 Å². The van der Waals surface area contributed by atoms with E-state index >= 15 is 0 Å². The van der Waals surface area contributed by atoms with E-state index in [2.05, 4.69) is 278 Å². The summed E-state index contributed by atoms with van der Waals surface area (Å²) in [4.78, 5) is 2.35. The largest absolute Gasteiger partial charge is 0.455 e. The van der Waals surface area contributed by atoms with Gasteiger partial charge in [-0.2, -0.15) is 0 Å². The maximum Gasteiger partial charge on any atom is 0.143 e. The van der Waals surface area contributed by atoms with Crippen LogP contribution in [0, 0.1) is 0 Å². The highest BCUT2D eigenvalue weighted by molar-refractivity contribution is 6.09. The van der Waals surface area contributed by atoms with Crippen molar-refractivity contribution in [3.8, 4) is 55.6 Å². The van der Waals surface area contributed by atoms with Gasteiger partial charge in [-0.15, -0.1) is 0 Å². The molecule has 0 spiro atoms. The zero-order valence-corrected chi connectivity index (χ0v) is 40.0. The van der Waals surface area contributed by atoms with Crippen LogP contribution in [0.4, 0.5) is 17.1 Å². The molecule has 0 unspecified atom stereocenters. The number of hydrogen-bond donors (Lipinski definition) is 0. The molecular weight excluding hydrogens is 883 g/mol. The minimum atomic E-state index is -0.421. The van der Waals surface area contributed by atoms with Gasteiger partial charge < -0.3 is 9.32 Å². The van der Waals surface area contributed by atoms with Crippen LogP contribution in [0.15, 0.2) is 290 Å². The second-order valence-electron chi connectivity index (χ2n) is 19.2. The number of para-hydroxylation sites is 2. The fraction of sp³-hybridized carbons (Fsp3) is 0.0141. The van der Waals surface area contributed by atoms with E-state index in [9.17, 15) is 0 Å². The lowest BCUT2D eigenvalue weighted by Crippen LogP contribution is -2.28. The van der Waals surface area contributed by atoms with Gasteiger partial charge in [0.15, 0.2) is 0 Å². The minimum absolute atomic E-state index is 0.421. The zero-order chi connectivity index (χ0) is 48.3. The molecule has 0 radical (unpaired) electrons. The third-order valence-corrected chi connectivity index (χ3v) is 15.2. The normalized spacial score (nSPS) is 12.5. The summed E-state index contributed by atoms with van der Waals surface area (Å²) in [5.74, 6) is 0. The molecule has 0 atom stereocenters. The lowest BCUT2D eigenvalue weighted by molar-refractivity contribution is 0.670. The Balaban J connectivity index is 0.826. The summed E-state index contributed by atoms with van der Waals surface area (Å²) in [7, 11) is 0. The maximum atomic E-state index is 6.47. The molecule has 12 aromatic carbocycles. The van der Waals surface area contributed by atoms with Crippen LogP contribution in [0.25, 0.3) is 88.3 Å². The van der Waals surface area contributed by atoms with Crippen molar-refractivity contribution >= 4 is 49.8 Å². The number of nitrogens with zero attached hydrogens (tertiary/aromatic N) is 1. The van der Waals surface area contributed by atoms with Crippen LogP contribution in [0.1, 0.15) is 22.3 Å². The molecule has 2 heteroatoms. The monoisotopic (exact) mass is 929 g/mol. The van der Waals surface area contributed by atoms with Gasteiger partial charge in [0.05, 0.1) is 5.41 Å². The molecule has 0 bridgehead atoms. The van der Waals surface area contributed by atoms with Gasteiger partial charge in [0.25, 0.3) is 0 Å². The Hall–Kier alpha value is -9.50. The molecule has 0 saturated carbocycles. The Kier molecular flexibility index (Phi) is 10.1. The van der Waals surface area contributed by atoms with Gasteiger partial charge in [-0.05, 0) is 138 Å². The van der Waals surface area contributed by atoms with Gasteiger partial charge >= 0.3 is 0 Å². The molecule has 0 aliphatic heterocycles. The number of rotatable bonds is 9. The summed E-state index contributed by atoms with van der Waals surface area (Å²) < 4.78 is 6.47. The first kappa shape index (κ1) is 42.4. The van der Waals surface area contributed by atoms with Crippen molar-refractivity contribution in [2.75, 3.05) is 4.90 Å². The highest BCUT2D eigenvalue weighted by atomic mass is 16.3. The molecule has 1 aliphatic carbocycles. The van der Waals surface area contributed by atoms with Gasteiger partial charge in [0.1, 0.15) is 11.2 Å². The van der Waals surface area contributed by atoms with E-state index in [-0.39, 0.29) is 0 Å². The molecule has 1 heterocycles. The van der Waals surface area contributed by atoms with E-state index in [1.54, 1.807) is 0 Å². The second kappa shape index (κ2) is 17.4. The predicted octanol–water partition coefficient (Wildman–Crippen LogP) is 19.2. The molecule has 73 heavy (non-hydrogen) atoms. The molecule has 2 nitrogen and oxygen atoms in total. The average Bonchev–Trinajstić information content (AvgIpc) is 4.01. The zero-order valence-electron chi connectivity index (χ0n) is 40.0. The molecule has 342 valence electrons. The Morgan fingerprint density at radius 2 is 0.740 bits per heavy atom. The van der Waals surface area contributed by atoms with E-state index in [1.165, 1.54) is 72.0 Å². The van der Waals surface area contributed by atoms with Crippen LogP contribution in [-0.2, 0) is 5.41 Å². The first-order valence-corrected chi connectivity index (χ1v) is 25.1. The quantitative estimate of drug-likeness (QED) is 0.143. The summed E-state index contributed by atoms with van der Waals surface area (Å²) in [6.45, 7) is 0. The van der Waals surface area contributed by atoms with Crippen molar-refractivity contribution in [3.05, 3.63) is 307 Å². The summed E-state index contributed by atoms with van der Waals surface area (Å²) in [6, 6.07) is 104. The second-order valence-corrected chi connectivity index (χ2v) is 19.2. The van der Waals surface area contributed by atoms with Crippen LogP contribution in [-0.4, -0.2) is 0 Å². The number of benzene rings is 12. The SMILES string of the molecule is c1ccc(C2(c3ccccc3)c3ccccc3-c3cc(-c4cccc(-c5ccc(N(c6ccc(-c7cccc8ccccc78)cc6)c6ccc(-c7cccc8c7oc7ccccc78)cc6)cc5)c4)ccc32)cc1. The maximum absolute atomic E-state index is 6.47. The fourth-order valence-corrected chi connectivity index (χ4v) is 11.8. The summed E-state index contributed by atoms with van der Waals surface area (Å²) in [6.07, 6.45) is 0. The highest BCUT2D eigenvalue weighted by Gasteiger charge is 2.46. The van der Waals surface area contributed by atoms with Gasteiger partial charge in [-0.1, -0.05) is 231 Å². The van der Waals surface area contributed by atoms with Crippen LogP contribution >= 0.6 is 0 Å². The third kappa shape index (κ3) is 7.02. The Morgan fingerprint density at radius 1 is 0.274 bits per heavy atom. The summed E-state index contributed by atoms with van der Waals surface area (Å²) >= 11 is 0. The lowest BCUT2D eigenvalue weighted by atomic mass is 9.67. The predicted molar refractivity (Wildman–Crippen MR) is 305 cm³/mol. The molecule has 0 N–H and O–H groups in total. The third-order valence-electron chi connectivity index (χ3n) is 15.2. The Morgan fingerprint density at radius 3 is 1.45 bits per heavy atom. The number of fused-ring (bicyclic) bond motifs is 7. The van der Waals surface area contributed by atoms with Crippen LogP contribution in [0.2, 0.25) is 0 Å². The molecule has 1 aromatic heterocycles. The van der Waals surface area contributed by atoms with Gasteiger partial charge in [0.2, 0.25) is 0 Å². The van der Waals surface area contributed by atoms with Gasteiger partial charge in [-0.25, -0.2) is 0 Å². The van der Waals surface area contributed by atoms with E-state index in [4.69, 9.17) is 4.42 Å². The topological polar surface area (TPSA) is 16.4 Å². The molecule has 1 aliphatic rings. The van der Waals surface area contributed by atoms with Crippen molar-refractivity contribution in [2.45, 2.75) is 5.41 Å². The van der Waals surface area contributed by atoms with E-state index in [1.807, 2.05) is 12.1 Å². The van der Waals surface area contributed by atoms with Gasteiger partial charge in [-0.3, -0.25) is 0 Å². The number of furan rings is 1. The first-order chi connectivity index (χ1) is 36.2. The van der Waals surface area contributed by atoms with Crippen molar-refractivity contribution in [2.24, 2.45) is 0 Å². The smallest absolute Gasteiger partial charge is 0.143 e. The Bertz CT molecular complexity index is 4130. The first-order valence-electron chi connectivity index (χ1n) is 25.1. The van der Waals surface area contributed by atoms with Crippen LogP contribution in [0.5, 0.6) is 0 Å². The van der Waals surface area contributed by atoms with Crippen LogP contribution in [0.3, 0.4) is 0 Å². The minimum Gasteiger partial charge on any atom is -0.455 e. The van der Waals surface area contributed by atoms with Gasteiger partial charge in [0, 0.05) is 33.4 Å². The highest BCUT2D eigenvalue weighted by Crippen LogP contribution is 2.56. The summed E-state index contributed by atoms with van der Waals surface area (Å²) in [5.41, 5.74) is 21.6. The number of anilines is 3. The lowest BCUT2D eigenvalue weighted by Gasteiger charge is -2.33. The fourth-order valence-electron chi connectivity index (χ4n) is 11.8. The van der Waals surface area contributed by atoms with Crippen LogP contribution < -0.4 is 4.90 Å². The molecule has 0 saturated heterocycles. The number of hydrogen-bond acceptors (Lipinski definition) is 2. The molecular formula is C71H47NO. The van der Waals surface area contributed by atoms with E-state index in [0.29, 0.717) is 0 Å². The summed E-state index contributed by atoms with van der Waals surface area (Å²) in [5, 5.41) is 4.75. The average molecular weight is 930 g/mol. The molecule has 13 aromatic rings. The molecule has 0 fully saturated rings. The molecule has 0 amide bonds. The van der Waals surface area contributed by atoms with Crippen molar-refractivity contribution < 1.29 is 4.42 Å². The van der Waals surface area contributed by atoms with E-state index < -0.39 is 5.41 Å². The van der Waals surface area contributed by atoms with Crippen molar-refractivity contribution in [3.63, 3.8) is 0 Å². The Labute approximate surface area is 425 Å². The molecule has 14 rings (SSSR count). The van der Waals surface area contributed by atoms with Crippen molar-refractivity contribution in [1.82, 2.24) is 0 Å². The standard InChI is InChI=1S/C71H47NO/c1-3-20-55(21-4-1)71(56-22-5-2-6-23-56)67-30-11-9-25-63(67)66-47-54(38-45-68(66)71)53-19-13-18-52(46-53)48-32-39-57(40-33-48)72(58-41-34-50(35-42-58)61-27-14-17-49-16-7-8-24-60(49)61)59-43-36-51(37-44-59)62-28-15-29-65-64-26-10-12-31-69(64)73-70(62)65/h1-47H.